The highest BCUT2D eigenvalue weighted by Gasteiger charge is 2.23. The Labute approximate surface area is 101 Å². The van der Waals surface area contributed by atoms with Crippen molar-refractivity contribution in [3.8, 4) is 11.5 Å². The molecule has 0 aliphatic carbocycles. The minimum Gasteiger partial charge on any atom is -0.486 e. The monoisotopic (exact) mass is 235 g/mol. The number of hydrogen-bond acceptors (Lipinski definition) is 3. The summed E-state index contributed by atoms with van der Waals surface area (Å²) in [4.78, 5) is 11.2. The summed E-state index contributed by atoms with van der Waals surface area (Å²) in [6, 6.07) is 5.75. The first-order chi connectivity index (χ1) is 7.99. The van der Waals surface area contributed by atoms with Crippen LogP contribution in [0.1, 0.15) is 26.3 Å². The van der Waals surface area contributed by atoms with Crippen LogP contribution in [0.25, 0.3) is 0 Å². The highest BCUT2D eigenvalue weighted by Crippen LogP contribution is 2.34. The normalized spacial score (nSPS) is 14.3. The van der Waals surface area contributed by atoms with E-state index < -0.39 is 5.54 Å². The molecule has 2 rings (SSSR count). The lowest BCUT2D eigenvalue weighted by Gasteiger charge is -2.28. The van der Waals surface area contributed by atoms with Gasteiger partial charge in [0.2, 0.25) is 5.91 Å². The van der Waals surface area contributed by atoms with Crippen LogP contribution in [0, 0.1) is 0 Å². The van der Waals surface area contributed by atoms with E-state index in [1.54, 1.807) is 0 Å². The number of ether oxygens (including phenoxy) is 2. The van der Waals surface area contributed by atoms with Crippen molar-refractivity contribution in [1.29, 1.82) is 0 Å². The van der Waals surface area contributed by atoms with E-state index >= 15 is 0 Å². The number of rotatable bonds is 2. The third kappa shape index (κ3) is 2.52. The molecule has 17 heavy (non-hydrogen) atoms. The maximum absolute atomic E-state index is 11.2. The molecule has 0 aromatic heterocycles. The molecular formula is C13H17NO3. The van der Waals surface area contributed by atoms with Crippen molar-refractivity contribution in [2.75, 3.05) is 13.2 Å². The quantitative estimate of drug-likeness (QED) is 0.850. The molecule has 0 unspecified atom stereocenters. The number of fused-ring (bicyclic) bond motifs is 1. The molecule has 1 heterocycles. The number of hydrogen-bond donors (Lipinski definition) is 1. The molecular weight excluding hydrogens is 218 g/mol. The smallest absolute Gasteiger partial charge is 0.217 e. The Hall–Kier alpha value is -1.71. The molecule has 0 saturated carbocycles. The Morgan fingerprint density at radius 3 is 2.53 bits per heavy atom. The van der Waals surface area contributed by atoms with Crippen LogP contribution in [0.15, 0.2) is 18.2 Å². The third-order valence-corrected chi connectivity index (χ3v) is 2.75. The van der Waals surface area contributed by atoms with Crippen molar-refractivity contribution in [3.05, 3.63) is 23.8 Å². The van der Waals surface area contributed by atoms with Gasteiger partial charge in [-0.15, -0.1) is 0 Å². The summed E-state index contributed by atoms with van der Waals surface area (Å²) in [5, 5.41) is 2.91. The Morgan fingerprint density at radius 2 is 1.88 bits per heavy atom. The zero-order valence-corrected chi connectivity index (χ0v) is 10.4. The molecule has 4 nitrogen and oxygen atoms in total. The van der Waals surface area contributed by atoms with Gasteiger partial charge in [-0.25, -0.2) is 0 Å². The largest absolute Gasteiger partial charge is 0.486 e. The van der Waals surface area contributed by atoms with Crippen LogP contribution >= 0.6 is 0 Å². The summed E-state index contributed by atoms with van der Waals surface area (Å²) in [5.74, 6) is 1.45. The van der Waals surface area contributed by atoms with E-state index in [1.807, 2.05) is 32.0 Å². The molecule has 0 spiro atoms. The average Bonchev–Trinajstić information content (AvgIpc) is 2.26. The van der Waals surface area contributed by atoms with E-state index in [2.05, 4.69) is 5.32 Å². The number of carbonyl (C=O) groups is 1. The number of amides is 1. The van der Waals surface area contributed by atoms with Gasteiger partial charge < -0.3 is 14.8 Å². The van der Waals surface area contributed by atoms with Gasteiger partial charge in [0.25, 0.3) is 0 Å². The Morgan fingerprint density at radius 1 is 1.24 bits per heavy atom. The fourth-order valence-corrected chi connectivity index (χ4v) is 1.94. The first kappa shape index (κ1) is 11.8. The van der Waals surface area contributed by atoms with Crippen LogP contribution in [0.2, 0.25) is 0 Å². The maximum atomic E-state index is 11.2. The first-order valence-corrected chi connectivity index (χ1v) is 5.68. The van der Waals surface area contributed by atoms with Gasteiger partial charge in [-0.1, -0.05) is 6.07 Å². The zero-order valence-electron chi connectivity index (χ0n) is 10.4. The van der Waals surface area contributed by atoms with Gasteiger partial charge >= 0.3 is 0 Å². The Balaban J connectivity index is 2.30. The number of nitrogens with one attached hydrogen (secondary N) is 1. The second-order valence-corrected chi connectivity index (χ2v) is 4.66. The van der Waals surface area contributed by atoms with Crippen molar-refractivity contribution >= 4 is 5.91 Å². The second-order valence-electron chi connectivity index (χ2n) is 4.66. The van der Waals surface area contributed by atoms with Gasteiger partial charge in [0.1, 0.15) is 13.2 Å². The van der Waals surface area contributed by atoms with E-state index in [-0.39, 0.29) is 5.91 Å². The summed E-state index contributed by atoms with van der Waals surface area (Å²) >= 11 is 0. The maximum Gasteiger partial charge on any atom is 0.217 e. The number of benzene rings is 1. The second kappa shape index (κ2) is 4.28. The van der Waals surface area contributed by atoms with Crippen molar-refractivity contribution in [2.24, 2.45) is 0 Å². The van der Waals surface area contributed by atoms with E-state index in [0.717, 1.165) is 17.1 Å². The van der Waals surface area contributed by atoms with Crippen LogP contribution < -0.4 is 14.8 Å². The predicted molar refractivity (Wildman–Crippen MR) is 64.3 cm³/mol. The lowest BCUT2D eigenvalue weighted by molar-refractivity contribution is -0.120. The lowest BCUT2D eigenvalue weighted by atomic mass is 9.94. The zero-order chi connectivity index (χ0) is 12.5. The first-order valence-electron chi connectivity index (χ1n) is 5.68. The molecule has 0 saturated heterocycles. The van der Waals surface area contributed by atoms with Gasteiger partial charge in [0, 0.05) is 6.92 Å². The summed E-state index contributed by atoms with van der Waals surface area (Å²) in [6.07, 6.45) is 0. The Bertz CT molecular complexity index is 440. The van der Waals surface area contributed by atoms with Crippen molar-refractivity contribution in [3.63, 3.8) is 0 Å². The standard InChI is InChI=1S/C13H17NO3/c1-9(15)14-13(2,3)10-4-5-11-12(8-10)17-7-6-16-11/h4-5,8H,6-7H2,1-3H3,(H,14,15). The Kier molecular flexibility index (Phi) is 2.96. The van der Waals surface area contributed by atoms with Crippen LogP contribution in [-0.2, 0) is 10.3 Å². The van der Waals surface area contributed by atoms with Crippen LogP contribution in [0.3, 0.4) is 0 Å². The molecule has 0 bridgehead atoms. The molecule has 1 aliphatic rings. The molecule has 1 amide bonds. The summed E-state index contributed by atoms with van der Waals surface area (Å²) in [5.41, 5.74) is 0.582. The van der Waals surface area contributed by atoms with Gasteiger partial charge in [0.15, 0.2) is 11.5 Å². The van der Waals surface area contributed by atoms with Crippen LogP contribution in [0.5, 0.6) is 11.5 Å². The molecule has 1 aromatic rings. The minimum atomic E-state index is -0.415. The van der Waals surface area contributed by atoms with Crippen molar-refractivity contribution < 1.29 is 14.3 Å². The van der Waals surface area contributed by atoms with Crippen molar-refractivity contribution in [1.82, 2.24) is 5.32 Å². The highest BCUT2D eigenvalue weighted by atomic mass is 16.6. The van der Waals surface area contributed by atoms with Gasteiger partial charge in [-0.05, 0) is 31.5 Å². The molecule has 1 aromatic carbocycles. The highest BCUT2D eigenvalue weighted by molar-refractivity contribution is 5.74. The third-order valence-electron chi connectivity index (χ3n) is 2.75. The van der Waals surface area contributed by atoms with Crippen LogP contribution in [0.4, 0.5) is 0 Å². The molecule has 1 N–H and O–H groups in total. The van der Waals surface area contributed by atoms with E-state index in [4.69, 9.17) is 9.47 Å². The average molecular weight is 235 g/mol. The molecule has 0 atom stereocenters. The summed E-state index contributed by atoms with van der Waals surface area (Å²) in [7, 11) is 0. The van der Waals surface area contributed by atoms with Crippen molar-refractivity contribution in [2.45, 2.75) is 26.3 Å². The van der Waals surface area contributed by atoms with E-state index in [9.17, 15) is 4.79 Å². The predicted octanol–water partition coefficient (Wildman–Crippen LogP) is 1.83. The van der Waals surface area contributed by atoms with E-state index in [0.29, 0.717) is 13.2 Å². The topological polar surface area (TPSA) is 47.6 Å². The van der Waals surface area contributed by atoms with Gasteiger partial charge in [-0.2, -0.15) is 0 Å². The SMILES string of the molecule is CC(=O)NC(C)(C)c1ccc2c(c1)OCCO2. The van der Waals surface area contributed by atoms with Crippen LogP contribution in [-0.4, -0.2) is 19.1 Å². The fraction of sp³-hybridized carbons (Fsp3) is 0.462. The minimum absolute atomic E-state index is 0.0510. The molecule has 0 fully saturated rings. The lowest BCUT2D eigenvalue weighted by Crippen LogP contribution is -2.39. The molecule has 1 aliphatic heterocycles. The summed E-state index contributed by atoms with van der Waals surface area (Å²) in [6.45, 7) is 6.58. The van der Waals surface area contributed by atoms with E-state index in [1.165, 1.54) is 6.92 Å². The number of carbonyl (C=O) groups excluding carboxylic acids is 1. The fourth-order valence-electron chi connectivity index (χ4n) is 1.94. The summed E-state index contributed by atoms with van der Waals surface area (Å²) < 4.78 is 11.0. The molecule has 92 valence electrons. The molecule has 0 radical (unpaired) electrons. The van der Waals surface area contributed by atoms with Gasteiger partial charge in [-0.3, -0.25) is 4.79 Å². The molecule has 4 heteroatoms. The van der Waals surface area contributed by atoms with Gasteiger partial charge in [0.05, 0.1) is 5.54 Å².